The van der Waals surface area contributed by atoms with E-state index in [1.807, 2.05) is 0 Å². The van der Waals surface area contributed by atoms with E-state index in [9.17, 15) is 4.39 Å². The highest BCUT2D eigenvalue weighted by Crippen LogP contribution is 2.16. The molecule has 4 N–H and O–H groups in total. The van der Waals surface area contributed by atoms with Crippen LogP contribution in [0.5, 0.6) is 0 Å². The van der Waals surface area contributed by atoms with Crippen LogP contribution in [-0.2, 0) is 0 Å². The fourth-order valence-corrected chi connectivity index (χ4v) is 1.05. The Kier molecular flexibility index (Phi) is 3.41. The molecule has 14 heavy (non-hydrogen) atoms. The smallest absolute Gasteiger partial charge is 0.213 e. The lowest BCUT2D eigenvalue weighted by atomic mass is 10.1. The van der Waals surface area contributed by atoms with Crippen molar-refractivity contribution in [2.45, 2.75) is 13.0 Å². The van der Waals surface area contributed by atoms with Gasteiger partial charge in [0.15, 0.2) is 0 Å². The fraction of sp³-hybridized carbons (Fsp3) is 0.222. The minimum absolute atomic E-state index is 0.0678. The van der Waals surface area contributed by atoms with E-state index in [0.717, 1.165) is 5.56 Å². The SMILES string of the molecule is CC(N=C(N)NO)c1ccc(F)cc1. The lowest BCUT2D eigenvalue weighted by Crippen LogP contribution is -2.28. The second-order valence-electron chi connectivity index (χ2n) is 2.85. The van der Waals surface area contributed by atoms with Gasteiger partial charge in [-0.3, -0.25) is 5.21 Å². The molecule has 0 bridgehead atoms. The van der Waals surface area contributed by atoms with Gasteiger partial charge in [0.25, 0.3) is 0 Å². The maximum atomic E-state index is 12.6. The van der Waals surface area contributed by atoms with Crippen LogP contribution in [0.15, 0.2) is 29.3 Å². The van der Waals surface area contributed by atoms with Gasteiger partial charge in [-0.25, -0.2) is 14.9 Å². The number of aliphatic imine (C=N–C) groups is 1. The average molecular weight is 197 g/mol. The molecule has 1 rings (SSSR count). The van der Waals surface area contributed by atoms with Crippen molar-refractivity contribution in [3.63, 3.8) is 0 Å². The number of nitrogens with zero attached hydrogens (tertiary/aromatic N) is 1. The standard InChI is InChI=1S/C9H12FN3O/c1-6(12-9(11)13-14)7-2-4-8(10)5-3-7/h2-6,14H,1H3,(H3,11,12,13). The summed E-state index contributed by atoms with van der Waals surface area (Å²) in [7, 11) is 0. The van der Waals surface area contributed by atoms with E-state index in [4.69, 9.17) is 10.9 Å². The van der Waals surface area contributed by atoms with Crippen LogP contribution in [0.25, 0.3) is 0 Å². The predicted octanol–water partition coefficient (Wildman–Crippen LogP) is 1.18. The summed E-state index contributed by atoms with van der Waals surface area (Å²) in [6, 6.07) is 5.71. The number of hydroxylamine groups is 1. The topological polar surface area (TPSA) is 70.6 Å². The molecule has 1 aromatic rings. The van der Waals surface area contributed by atoms with Crippen molar-refractivity contribution < 1.29 is 9.60 Å². The van der Waals surface area contributed by atoms with E-state index >= 15 is 0 Å². The molecule has 0 aliphatic rings. The van der Waals surface area contributed by atoms with Crippen LogP contribution in [0.3, 0.4) is 0 Å². The summed E-state index contributed by atoms with van der Waals surface area (Å²) in [6.45, 7) is 1.79. The second-order valence-corrected chi connectivity index (χ2v) is 2.85. The monoisotopic (exact) mass is 197 g/mol. The largest absolute Gasteiger partial charge is 0.368 e. The van der Waals surface area contributed by atoms with Gasteiger partial charge in [-0.15, -0.1) is 0 Å². The summed E-state index contributed by atoms with van der Waals surface area (Å²) in [4.78, 5) is 3.91. The van der Waals surface area contributed by atoms with Crippen LogP contribution in [0.2, 0.25) is 0 Å². The van der Waals surface area contributed by atoms with Crippen molar-refractivity contribution in [2.75, 3.05) is 0 Å². The van der Waals surface area contributed by atoms with E-state index < -0.39 is 0 Å². The molecule has 0 saturated carbocycles. The molecule has 0 aromatic heterocycles. The van der Waals surface area contributed by atoms with E-state index in [1.165, 1.54) is 12.1 Å². The third-order valence-electron chi connectivity index (χ3n) is 1.80. The highest BCUT2D eigenvalue weighted by Gasteiger charge is 2.03. The summed E-state index contributed by atoms with van der Waals surface area (Å²) in [5.74, 6) is -0.361. The summed E-state index contributed by atoms with van der Waals surface area (Å²) in [5, 5.41) is 8.41. The number of benzene rings is 1. The zero-order valence-corrected chi connectivity index (χ0v) is 7.74. The average Bonchev–Trinajstić information content (AvgIpc) is 2.18. The molecule has 0 spiro atoms. The first-order chi connectivity index (χ1) is 6.63. The number of hydrogen-bond donors (Lipinski definition) is 3. The van der Waals surface area contributed by atoms with Gasteiger partial charge < -0.3 is 5.73 Å². The van der Waals surface area contributed by atoms with Gasteiger partial charge in [-0.1, -0.05) is 12.1 Å². The molecule has 0 aliphatic carbocycles. The molecule has 0 heterocycles. The lowest BCUT2D eigenvalue weighted by Gasteiger charge is -2.07. The van der Waals surface area contributed by atoms with Gasteiger partial charge in [0.05, 0.1) is 6.04 Å². The Morgan fingerprint density at radius 3 is 2.57 bits per heavy atom. The Hall–Kier alpha value is -1.62. The second kappa shape index (κ2) is 4.57. The molecule has 0 amide bonds. The minimum Gasteiger partial charge on any atom is -0.368 e. The highest BCUT2D eigenvalue weighted by atomic mass is 19.1. The lowest BCUT2D eigenvalue weighted by molar-refractivity contribution is 0.232. The number of halogens is 1. The molecule has 1 atom stereocenters. The van der Waals surface area contributed by atoms with Gasteiger partial charge in [0.1, 0.15) is 5.82 Å². The highest BCUT2D eigenvalue weighted by molar-refractivity contribution is 5.76. The normalized spacial score (nSPS) is 13.8. The summed E-state index contributed by atoms with van der Waals surface area (Å²) in [5.41, 5.74) is 7.81. The first kappa shape index (κ1) is 10.5. The zero-order valence-electron chi connectivity index (χ0n) is 7.74. The van der Waals surface area contributed by atoms with Gasteiger partial charge in [-0.05, 0) is 24.6 Å². The molecule has 1 unspecified atom stereocenters. The van der Waals surface area contributed by atoms with Crippen molar-refractivity contribution in [3.8, 4) is 0 Å². The number of guanidine groups is 1. The van der Waals surface area contributed by atoms with Crippen LogP contribution in [0.4, 0.5) is 4.39 Å². The quantitative estimate of drug-likeness (QED) is 0.379. The number of nitrogens with one attached hydrogen (secondary N) is 1. The maximum absolute atomic E-state index is 12.6. The first-order valence-electron chi connectivity index (χ1n) is 4.12. The Morgan fingerprint density at radius 2 is 2.07 bits per heavy atom. The van der Waals surface area contributed by atoms with E-state index in [0.29, 0.717) is 0 Å². The molecule has 0 fully saturated rings. The Labute approximate surface area is 81.2 Å². The number of rotatable bonds is 2. The molecule has 76 valence electrons. The molecule has 1 aromatic carbocycles. The Morgan fingerprint density at radius 1 is 1.50 bits per heavy atom. The van der Waals surface area contributed by atoms with E-state index in [1.54, 1.807) is 24.5 Å². The summed E-state index contributed by atoms with van der Waals surface area (Å²) >= 11 is 0. The van der Waals surface area contributed by atoms with Gasteiger partial charge in [-0.2, -0.15) is 0 Å². The van der Waals surface area contributed by atoms with Crippen molar-refractivity contribution in [1.29, 1.82) is 0 Å². The van der Waals surface area contributed by atoms with Gasteiger partial charge in [0, 0.05) is 0 Å². The molecular weight excluding hydrogens is 185 g/mol. The Balaban J connectivity index is 2.79. The first-order valence-corrected chi connectivity index (χ1v) is 4.12. The summed E-state index contributed by atoms with van der Waals surface area (Å²) < 4.78 is 12.6. The van der Waals surface area contributed by atoms with E-state index in [2.05, 4.69) is 4.99 Å². The molecular formula is C9H12FN3O. The van der Waals surface area contributed by atoms with Crippen LogP contribution < -0.4 is 11.2 Å². The van der Waals surface area contributed by atoms with Gasteiger partial charge in [0.2, 0.25) is 5.96 Å². The fourth-order valence-electron chi connectivity index (χ4n) is 1.05. The number of hydrogen-bond acceptors (Lipinski definition) is 2. The van der Waals surface area contributed by atoms with Crippen molar-refractivity contribution in [1.82, 2.24) is 5.48 Å². The van der Waals surface area contributed by atoms with Crippen LogP contribution >= 0.6 is 0 Å². The van der Waals surface area contributed by atoms with Gasteiger partial charge >= 0.3 is 0 Å². The van der Waals surface area contributed by atoms with Crippen molar-refractivity contribution in [2.24, 2.45) is 10.7 Å². The van der Waals surface area contributed by atoms with Crippen LogP contribution in [0, 0.1) is 5.82 Å². The number of nitrogens with two attached hydrogens (primary N) is 1. The molecule has 5 heteroatoms. The minimum atomic E-state index is -0.293. The zero-order chi connectivity index (χ0) is 10.6. The van der Waals surface area contributed by atoms with Crippen LogP contribution in [0.1, 0.15) is 18.5 Å². The van der Waals surface area contributed by atoms with E-state index in [-0.39, 0.29) is 17.8 Å². The van der Waals surface area contributed by atoms with Crippen molar-refractivity contribution in [3.05, 3.63) is 35.6 Å². The third kappa shape index (κ3) is 2.70. The van der Waals surface area contributed by atoms with Crippen molar-refractivity contribution >= 4 is 5.96 Å². The predicted molar refractivity (Wildman–Crippen MR) is 51.4 cm³/mol. The maximum Gasteiger partial charge on any atom is 0.213 e. The Bertz CT molecular complexity index is 323. The molecule has 4 nitrogen and oxygen atoms in total. The summed E-state index contributed by atoms with van der Waals surface area (Å²) in [6.07, 6.45) is 0. The van der Waals surface area contributed by atoms with Crippen LogP contribution in [-0.4, -0.2) is 11.2 Å². The molecule has 0 radical (unpaired) electrons. The molecule has 0 aliphatic heterocycles. The third-order valence-corrected chi connectivity index (χ3v) is 1.80. The molecule has 0 saturated heterocycles.